The zero-order valence-electron chi connectivity index (χ0n) is 12.4. The van der Waals surface area contributed by atoms with Gasteiger partial charge in [-0.1, -0.05) is 19.9 Å². The highest BCUT2D eigenvalue weighted by Crippen LogP contribution is 2.29. The Kier molecular flexibility index (Phi) is 4.08. The van der Waals surface area contributed by atoms with Gasteiger partial charge in [-0.3, -0.25) is 4.79 Å². The second-order valence-electron chi connectivity index (χ2n) is 5.41. The third kappa shape index (κ3) is 2.73. The number of benzene rings is 1. The predicted octanol–water partition coefficient (Wildman–Crippen LogP) is 3.70. The van der Waals surface area contributed by atoms with Crippen LogP contribution in [0.1, 0.15) is 38.8 Å². The first-order chi connectivity index (χ1) is 9.06. The Morgan fingerprint density at radius 1 is 1.21 bits per heavy atom. The van der Waals surface area contributed by atoms with Crippen molar-refractivity contribution < 1.29 is 4.79 Å². The van der Waals surface area contributed by atoms with E-state index in [0.29, 0.717) is 12.3 Å². The number of fused-ring (bicyclic) bond motifs is 1. The summed E-state index contributed by atoms with van der Waals surface area (Å²) in [5, 5.41) is 0. The third-order valence-electron chi connectivity index (χ3n) is 3.86. The zero-order valence-corrected chi connectivity index (χ0v) is 12.4. The lowest BCUT2D eigenvalue weighted by molar-refractivity contribution is -0.115. The van der Waals surface area contributed by atoms with Crippen LogP contribution in [0.2, 0.25) is 0 Å². The van der Waals surface area contributed by atoms with Gasteiger partial charge in [-0.15, -0.1) is 0 Å². The van der Waals surface area contributed by atoms with Crippen LogP contribution in [0.3, 0.4) is 0 Å². The normalized spacial score (nSPS) is 14.4. The molecule has 0 fully saturated rings. The fourth-order valence-corrected chi connectivity index (χ4v) is 2.68. The van der Waals surface area contributed by atoms with E-state index in [1.54, 1.807) is 0 Å². The van der Waals surface area contributed by atoms with Crippen LogP contribution in [0, 0.1) is 5.92 Å². The summed E-state index contributed by atoms with van der Waals surface area (Å²) >= 11 is 0. The Bertz CT molecular complexity index is 510. The maximum atomic E-state index is 12.1. The molecule has 1 aliphatic carbocycles. The topological polar surface area (TPSA) is 20.3 Å². The number of carbonyl (C=O) groups excluding carboxylic acids is 1. The molecule has 0 atom stereocenters. The van der Waals surface area contributed by atoms with E-state index < -0.39 is 0 Å². The second-order valence-corrected chi connectivity index (χ2v) is 5.41. The van der Waals surface area contributed by atoms with Gasteiger partial charge in [0.25, 0.3) is 0 Å². The van der Waals surface area contributed by atoms with Gasteiger partial charge in [-0.05, 0) is 54.7 Å². The van der Waals surface area contributed by atoms with E-state index in [9.17, 15) is 4.79 Å². The first kappa shape index (κ1) is 13.9. The minimum absolute atomic E-state index is 0.277. The van der Waals surface area contributed by atoms with Gasteiger partial charge < -0.3 is 4.90 Å². The molecule has 102 valence electrons. The van der Waals surface area contributed by atoms with Crippen LogP contribution in [0.5, 0.6) is 0 Å². The summed E-state index contributed by atoms with van der Waals surface area (Å²) in [6.45, 7) is 10.5. The Labute approximate surface area is 116 Å². The van der Waals surface area contributed by atoms with E-state index in [2.05, 4.69) is 56.9 Å². The molecule has 0 saturated carbocycles. The van der Waals surface area contributed by atoms with E-state index in [-0.39, 0.29) is 5.78 Å². The monoisotopic (exact) mass is 257 g/mol. The van der Waals surface area contributed by atoms with Crippen molar-refractivity contribution in [2.75, 3.05) is 18.0 Å². The highest BCUT2D eigenvalue weighted by atomic mass is 16.1. The molecule has 0 spiro atoms. The number of allylic oxidation sites excluding steroid dienone is 1. The lowest BCUT2D eigenvalue weighted by Gasteiger charge is -2.24. The number of hydrogen-bond donors (Lipinski definition) is 0. The molecule has 19 heavy (non-hydrogen) atoms. The zero-order chi connectivity index (χ0) is 14.0. The lowest BCUT2D eigenvalue weighted by atomic mass is 9.86. The van der Waals surface area contributed by atoms with Gasteiger partial charge in [0.2, 0.25) is 0 Å². The van der Waals surface area contributed by atoms with Gasteiger partial charge in [0.15, 0.2) is 5.78 Å². The number of hydrogen-bond acceptors (Lipinski definition) is 2. The highest BCUT2D eigenvalue weighted by Gasteiger charge is 2.21. The van der Waals surface area contributed by atoms with E-state index in [1.165, 1.54) is 16.8 Å². The van der Waals surface area contributed by atoms with Crippen molar-refractivity contribution in [2.45, 2.75) is 34.1 Å². The number of Topliss-reactive ketones (excluding diaryl/α,β-unsaturated/α-hetero) is 1. The number of ketones is 1. The smallest absolute Gasteiger partial charge is 0.163 e. The highest BCUT2D eigenvalue weighted by molar-refractivity contribution is 6.04. The minimum atomic E-state index is 0.277. The maximum absolute atomic E-state index is 12.1. The summed E-state index contributed by atoms with van der Waals surface area (Å²) in [5.74, 6) is 0.585. The molecule has 2 heteroatoms. The largest absolute Gasteiger partial charge is 0.372 e. The minimum Gasteiger partial charge on any atom is -0.372 e. The van der Waals surface area contributed by atoms with Gasteiger partial charge >= 0.3 is 0 Å². The second kappa shape index (κ2) is 5.60. The van der Waals surface area contributed by atoms with Crippen molar-refractivity contribution in [3.63, 3.8) is 0 Å². The van der Waals surface area contributed by atoms with E-state index in [0.717, 1.165) is 18.7 Å². The molecule has 0 bridgehead atoms. The van der Waals surface area contributed by atoms with Crippen LogP contribution >= 0.6 is 0 Å². The molecule has 1 aromatic carbocycles. The van der Waals surface area contributed by atoms with Crippen molar-refractivity contribution in [3.05, 3.63) is 34.9 Å². The average molecular weight is 257 g/mol. The number of carbonyl (C=O) groups is 1. The quantitative estimate of drug-likeness (QED) is 0.819. The van der Waals surface area contributed by atoms with Crippen molar-refractivity contribution in [1.29, 1.82) is 0 Å². The van der Waals surface area contributed by atoms with Gasteiger partial charge in [-0.2, -0.15) is 0 Å². The molecule has 0 radical (unpaired) electrons. The molecule has 0 aromatic heterocycles. The number of nitrogens with zero attached hydrogens (tertiary/aromatic N) is 1. The molecule has 0 unspecified atom stereocenters. The van der Waals surface area contributed by atoms with E-state index >= 15 is 0 Å². The summed E-state index contributed by atoms with van der Waals surface area (Å²) < 4.78 is 0. The van der Waals surface area contributed by atoms with Crippen molar-refractivity contribution in [3.8, 4) is 0 Å². The number of rotatable bonds is 4. The van der Waals surface area contributed by atoms with E-state index in [4.69, 9.17) is 0 Å². The van der Waals surface area contributed by atoms with Crippen LogP contribution < -0.4 is 4.90 Å². The van der Waals surface area contributed by atoms with Crippen molar-refractivity contribution in [2.24, 2.45) is 5.92 Å². The third-order valence-corrected chi connectivity index (χ3v) is 3.86. The van der Waals surface area contributed by atoms with E-state index in [1.807, 2.05) is 0 Å². The molecular formula is C17H23NO. The first-order valence-electron chi connectivity index (χ1n) is 7.19. The van der Waals surface area contributed by atoms with Crippen LogP contribution in [-0.2, 0) is 11.2 Å². The molecule has 2 rings (SSSR count). The molecule has 1 aliphatic rings. The van der Waals surface area contributed by atoms with Gasteiger partial charge in [0, 0.05) is 25.2 Å². The Morgan fingerprint density at radius 2 is 1.89 bits per heavy atom. The fourth-order valence-electron chi connectivity index (χ4n) is 2.68. The summed E-state index contributed by atoms with van der Waals surface area (Å²) in [6.07, 6.45) is 2.62. The molecule has 0 aliphatic heterocycles. The maximum Gasteiger partial charge on any atom is 0.163 e. The molecule has 1 aromatic rings. The molecule has 0 heterocycles. The molecule has 0 amide bonds. The Balaban J connectivity index is 2.39. The summed E-state index contributed by atoms with van der Waals surface area (Å²) in [4.78, 5) is 14.4. The molecular weight excluding hydrogens is 234 g/mol. The summed E-state index contributed by atoms with van der Waals surface area (Å²) in [5.41, 5.74) is 4.55. The molecule has 0 saturated heterocycles. The van der Waals surface area contributed by atoms with Crippen LogP contribution in [0.25, 0.3) is 6.08 Å². The SMILES string of the molecule is CCN(CC)c1ccc2c(c1)CC(=O)C(C(C)C)=C2. The first-order valence-corrected chi connectivity index (χ1v) is 7.19. The van der Waals surface area contributed by atoms with Gasteiger partial charge in [0.1, 0.15) is 0 Å². The molecule has 0 N–H and O–H groups in total. The van der Waals surface area contributed by atoms with Crippen LogP contribution in [-0.4, -0.2) is 18.9 Å². The molecule has 2 nitrogen and oxygen atoms in total. The standard InChI is InChI=1S/C17H23NO/c1-5-18(6-2)15-8-7-13-10-16(12(3)4)17(19)11-14(13)9-15/h7-10,12H,5-6,11H2,1-4H3. The van der Waals surface area contributed by atoms with Crippen molar-refractivity contribution >= 4 is 17.5 Å². The van der Waals surface area contributed by atoms with Crippen LogP contribution in [0.4, 0.5) is 5.69 Å². The van der Waals surface area contributed by atoms with Crippen molar-refractivity contribution in [1.82, 2.24) is 0 Å². The average Bonchev–Trinajstić information content (AvgIpc) is 2.38. The fraction of sp³-hybridized carbons (Fsp3) is 0.471. The Morgan fingerprint density at radius 3 is 2.47 bits per heavy atom. The predicted molar refractivity (Wildman–Crippen MR) is 81.5 cm³/mol. The van der Waals surface area contributed by atoms with Gasteiger partial charge in [0.05, 0.1) is 0 Å². The van der Waals surface area contributed by atoms with Crippen LogP contribution in [0.15, 0.2) is 23.8 Å². The Hall–Kier alpha value is -1.57. The summed E-state index contributed by atoms with van der Waals surface area (Å²) in [6, 6.07) is 6.49. The van der Waals surface area contributed by atoms with Gasteiger partial charge in [-0.25, -0.2) is 0 Å². The lowest BCUT2D eigenvalue weighted by Crippen LogP contribution is -2.22. The summed E-state index contributed by atoms with van der Waals surface area (Å²) in [7, 11) is 0. The number of anilines is 1.